The molecule has 19 heavy (non-hydrogen) atoms. The molecule has 0 fully saturated rings. The smallest absolute Gasteiger partial charge is 0.348 e. The Labute approximate surface area is 117 Å². The van der Waals surface area contributed by atoms with Crippen LogP contribution in [-0.4, -0.2) is 19.1 Å². The van der Waals surface area contributed by atoms with Crippen LogP contribution in [0.3, 0.4) is 0 Å². The fourth-order valence-electron chi connectivity index (χ4n) is 1.85. The summed E-state index contributed by atoms with van der Waals surface area (Å²) in [7, 11) is 0. The molecule has 2 aromatic rings. The van der Waals surface area contributed by atoms with Crippen molar-refractivity contribution < 1.29 is 9.53 Å². The Hall–Kier alpha value is -1.65. The second-order valence-electron chi connectivity index (χ2n) is 4.12. The molecule has 100 valence electrons. The van der Waals surface area contributed by atoms with E-state index in [4.69, 9.17) is 10.5 Å². The van der Waals surface area contributed by atoms with Crippen molar-refractivity contribution in [1.29, 1.82) is 0 Å². The van der Waals surface area contributed by atoms with Gasteiger partial charge in [-0.1, -0.05) is 24.3 Å². The van der Waals surface area contributed by atoms with E-state index in [1.165, 1.54) is 16.9 Å². The number of hydrogen-bond donors (Lipinski definition) is 1. The number of rotatable bonds is 5. The van der Waals surface area contributed by atoms with E-state index in [9.17, 15) is 4.79 Å². The van der Waals surface area contributed by atoms with Gasteiger partial charge in [0, 0.05) is 4.88 Å². The van der Waals surface area contributed by atoms with Crippen molar-refractivity contribution >= 4 is 17.3 Å². The molecule has 1 aromatic heterocycles. The molecule has 1 aromatic carbocycles. The summed E-state index contributed by atoms with van der Waals surface area (Å²) >= 11 is 1.46. The topological polar surface area (TPSA) is 52.3 Å². The van der Waals surface area contributed by atoms with Gasteiger partial charge in [0.05, 0.1) is 6.61 Å². The van der Waals surface area contributed by atoms with Crippen LogP contribution in [0.1, 0.15) is 22.2 Å². The lowest BCUT2D eigenvalue weighted by Gasteiger charge is -2.02. The van der Waals surface area contributed by atoms with E-state index in [1.807, 2.05) is 31.2 Å². The summed E-state index contributed by atoms with van der Waals surface area (Å²) in [5.41, 5.74) is 7.90. The summed E-state index contributed by atoms with van der Waals surface area (Å²) < 4.78 is 4.99. The standard InChI is InChI=1S/C15H17NO2S/c1-2-18-15(17)14-7-6-13(19-14)12-5-3-4-11(10-12)8-9-16/h3-7,10H,2,8-9,16H2,1H3. The minimum absolute atomic E-state index is 0.253. The quantitative estimate of drug-likeness (QED) is 0.853. The summed E-state index contributed by atoms with van der Waals surface area (Å²) in [6.07, 6.45) is 0.865. The van der Waals surface area contributed by atoms with Crippen LogP contribution >= 0.6 is 11.3 Å². The molecule has 0 radical (unpaired) electrons. The number of carbonyl (C=O) groups is 1. The molecule has 0 atom stereocenters. The van der Waals surface area contributed by atoms with Gasteiger partial charge < -0.3 is 10.5 Å². The minimum atomic E-state index is -0.253. The van der Waals surface area contributed by atoms with Crippen LogP contribution in [0.25, 0.3) is 10.4 Å². The van der Waals surface area contributed by atoms with Crippen molar-refractivity contribution in [2.45, 2.75) is 13.3 Å². The van der Waals surface area contributed by atoms with Crippen LogP contribution in [0, 0.1) is 0 Å². The zero-order chi connectivity index (χ0) is 13.7. The monoisotopic (exact) mass is 275 g/mol. The number of thiophene rings is 1. The van der Waals surface area contributed by atoms with Crippen LogP contribution < -0.4 is 5.73 Å². The third kappa shape index (κ3) is 3.43. The first-order valence-electron chi connectivity index (χ1n) is 6.31. The molecule has 0 aliphatic heterocycles. The van der Waals surface area contributed by atoms with E-state index in [0.717, 1.165) is 16.9 Å². The number of nitrogens with two attached hydrogens (primary N) is 1. The van der Waals surface area contributed by atoms with Gasteiger partial charge in [-0.3, -0.25) is 0 Å². The zero-order valence-electron chi connectivity index (χ0n) is 10.9. The molecule has 0 spiro atoms. The van der Waals surface area contributed by atoms with Gasteiger partial charge in [0.15, 0.2) is 0 Å². The second kappa shape index (κ2) is 6.50. The number of carbonyl (C=O) groups excluding carboxylic acids is 1. The van der Waals surface area contributed by atoms with Crippen molar-refractivity contribution in [3.63, 3.8) is 0 Å². The van der Waals surface area contributed by atoms with Crippen LogP contribution in [0.2, 0.25) is 0 Å². The maximum atomic E-state index is 11.6. The fourth-order valence-corrected chi connectivity index (χ4v) is 2.75. The summed E-state index contributed by atoms with van der Waals surface area (Å²) in [4.78, 5) is 13.3. The largest absolute Gasteiger partial charge is 0.462 e. The maximum Gasteiger partial charge on any atom is 0.348 e. The lowest BCUT2D eigenvalue weighted by Crippen LogP contribution is -2.02. The molecule has 2 N–H and O–H groups in total. The highest BCUT2D eigenvalue weighted by Gasteiger charge is 2.11. The van der Waals surface area contributed by atoms with Crippen molar-refractivity contribution in [3.05, 3.63) is 46.8 Å². The normalized spacial score (nSPS) is 10.4. The molecule has 4 heteroatoms. The molecular formula is C15H17NO2S. The van der Waals surface area contributed by atoms with Crippen molar-refractivity contribution in [2.75, 3.05) is 13.2 Å². The SMILES string of the molecule is CCOC(=O)c1ccc(-c2cccc(CCN)c2)s1. The molecule has 0 saturated heterocycles. The average molecular weight is 275 g/mol. The Morgan fingerprint density at radius 1 is 1.32 bits per heavy atom. The predicted octanol–water partition coefficient (Wildman–Crippen LogP) is 3.09. The Morgan fingerprint density at radius 2 is 2.16 bits per heavy atom. The summed E-state index contributed by atoms with van der Waals surface area (Å²) in [6.45, 7) is 2.85. The molecule has 0 saturated carbocycles. The average Bonchev–Trinajstić information content (AvgIpc) is 2.89. The van der Waals surface area contributed by atoms with Gasteiger partial charge in [0.2, 0.25) is 0 Å². The molecule has 0 bridgehead atoms. The minimum Gasteiger partial charge on any atom is -0.462 e. The van der Waals surface area contributed by atoms with Gasteiger partial charge in [0.25, 0.3) is 0 Å². The van der Waals surface area contributed by atoms with E-state index < -0.39 is 0 Å². The number of ether oxygens (including phenoxy) is 1. The Kier molecular flexibility index (Phi) is 4.71. The molecule has 0 aliphatic carbocycles. The number of hydrogen-bond acceptors (Lipinski definition) is 4. The van der Waals surface area contributed by atoms with Gasteiger partial charge >= 0.3 is 5.97 Å². The number of benzene rings is 1. The van der Waals surface area contributed by atoms with Gasteiger partial charge in [-0.25, -0.2) is 4.79 Å². The third-order valence-corrected chi connectivity index (χ3v) is 3.84. The lowest BCUT2D eigenvalue weighted by molar-refractivity contribution is 0.0532. The highest BCUT2D eigenvalue weighted by Crippen LogP contribution is 2.29. The lowest BCUT2D eigenvalue weighted by atomic mass is 10.1. The summed E-state index contributed by atoms with van der Waals surface area (Å²) in [5.74, 6) is -0.253. The molecular weight excluding hydrogens is 258 g/mol. The Morgan fingerprint density at radius 3 is 2.89 bits per heavy atom. The predicted molar refractivity (Wildman–Crippen MR) is 78.5 cm³/mol. The second-order valence-corrected chi connectivity index (χ2v) is 5.21. The molecule has 1 heterocycles. The van der Waals surface area contributed by atoms with E-state index in [0.29, 0.717) is 18.0 Å². The van der Waals surface area contributed by atoms with Crippen LogP contribution in [0.15, 0.2) is 36.4 Å². The number of esters is 1. The zero-order valence-corrected chi connectivity index (χ0v) is 11.7. The molecule has 2 rings (SSSR count). The van der Waals surface area contributed by atoms with E-state index in [1.54, 1.807) is 0 Å². The highest BCUT2D eigenvalue weighted by atomic mass is 32.1. The van der Waals surface area contributed by atoms with Gasteiger partial charge in [-0.05, 0) is 43.1 Å². The first kappa shape index (κ1) is 13.8. The van der Waals surface area contributed by atoms with Gasteiger partial charge in [-0.15, -0.1) is 11.3 Å². The van der Waals surface area contributed by atoms with Crippen molar-refractivity contribution in [1.82, 2.24) is 0 Å². The first-order chi connectivity index (χ1) is 9.24. The van der Waals surface area contributed by atoms with Crippen molar-refractivity contribution in [2.24, 2.45) is 5.73 Å². The Balaban J connectivity index is 2.22. The van der Waals surface area contributed by atoms with Gasteiger partial charge in [-0.2, -0.15) is 0 Å². The first-order valence-corrected chi connectivity index (χ1v) is 7.12. The van der Waals surface area contributed by atoms with Crippen LogP contribution in [0.5, 0.6) is 0 Å². The van der Waals surface area contributed by atoms with E-state index >= 15 is 0 Å². The van der Waals surface area contributed by atoms with E-state index in [2.05, 4.69) is 12.1 Å². The molecule has 0 unspecified atom stereocenters. The molecule has 0 aliphatic rings. The van der Waals surface area contributed by atoms with Crippen LogP contribution in [0.4, 0.5) is 0 Å². The fraction of sp³-hybridized carbons (Fsp3) is 0.267. The highest BCUT2D eigenvalue weighted by molar-refractivity contribution is 7.17. The molecule has 3 nitrogen and oxygen atoms in total. The summed E-state index contributed by atoms with van der Waals surface area (Å²) in [5, 5.41) is 0. The van der Waals surface area contributed by atoms with E-state index in [-0.39, 0.29) is 5.97 Å². The maximum absolute atomic E-state index is 11.6. The Bertz CT molecular complexity index is 563. The molecule has 0 amide bonds. The van der Waals surface area contributed by atoms with Crippen molar-refractivity contribution in [3.8, 4) is 10.4 Å². The third-order valence-electron chi connectivity index (χ3n) is 2.73. The van der Waals surface area contributed by atoms with Crippen LogP contribution in [-0.2, 0) is 11.2 Å². The van der Waals surface area contributed by atoms with Gasteiger partial charge in [0.1, 0.15) is 4.88 Å². The summed E-state index contributed by atoms with van der Waals surface area (Å²) in [6, 6.07) is 12.0.